The molecule has 0 aliphatic carbocycles. The SMILES string of the molecule is CO.CO.[CH2-]CCS.[CH3-].[Ti+2]. The molecule has 10 heavy (non-hydrogen) atoms. The maximum absolute atomic E-state index is 7.00. The van der Waals surface area contributed by atoms with Crippen LogP contribution in [0.1, 0.15) is 6.42 Å². The molecule has 0 rings (SSSR count). The molecule has 2 nitrogen and oxygen atoms in total. The summed E-state index contributed by atoms with van der Waals surface area (Å²) in [6.07, 6.45) is 0.934. The van der Waals surface area contributed by atoms with Crippen LogP contribution in [-0.2, 0) is 21.7 Å². The summed E-state index contributed by atoms with van der Waals surface area (Å²) >= 11 is 3.86. The van der Waals surface area contributed by atoms with Gasteiger partial charge >= 0.3 is 21.7 Å². The molecule has 0 aromatic heterocycles. The van der Waals surface area contributed by atoms with Crippen molar-refractivity contribution in [2.45, 2.75) is 6.42 Å². The average molecular weight is 202 g/mol. The third-order valence-corrected chi connectivity index (χ3v) is 0.474. The minimum Gasteiger partial charge on any atom is -0.400 e. The third-order valence-electron chi connectivity index (χ3n) is 0.158. The Balaban J connectivity index is -0.0000000125. The van der Waals surface area contributed by atoms with Crippen molar-refractivity contribution in [3.05, 3.63) is 14.4 Å². The van der Waals surface area contributed by atoms with Gasteiger partial charge in [0.15, 0.2) is 0 Å². The van der Waals surface area contributed by atoms with Crippen LogP contribution >= 0.6 is 12.6 Å². The van der Waals surface area contributed by atoms with Gasteiger partial charge in [-0.15, -0.1) is 0 Å². The van der Waals surface area contributed by atoms with E-state index in [0.717, 1.165) is 26.4 Å². The van der Waals surface area contributed by atoms with Gasteiger partial charge in [-0.05, 0) is 5.75 Å². The zero-order chi connectivity index (χ0) is 7.41. The molecule has 0 bridgehead atoms. The summed E-state index contributed by atoms with van der Waals surface area (Å²) in [4.78, 5) is 0. The quantitative estimate of drug-likeness (QED) is 0.334. The van der Waals surface area contributed by atoms with E-state index in [4.69, 9.17) is 10.2 Å². The molecule has 64 valence electrons. The molecule has 0 aliphatic rings. The Hall–Kier alpha value is 0.984. The molecule has 0 aliphatic heterocycles. The summed E-state index contributed by atoms with van der Waals surface area (Å²) in [5, 5.41) is 14.0. The molecular weight excluding hydrogens is 184 g/mol. The van der Waals surface area contributed by atoms with E-state index in [9.17, 15) is 0 Å². The van der Waals surface area contributed by atoms with Crippen LogP contribution in [0.4, 0.5) is 0 Å². The maximum Gasteiger partial charge on any atom is 2.00 e. The van der Waals surface area contributed by atoms with Crippen LogP contribution in [0, 0.1) is 14.4 Å². The second-order valence-corrected chi connectivity index (χ2v) is 1.02. The first-order chi connectivity index (χ1) is 3.91. The van der Waals surface area contributed by atoms with Crippen molar-refractivity contribution in [3.8, 4) is 0 Å². The van der Waals surface area contributed by atoms with Crippen molar-refractivity contribution < 1.29 is 31.9 Å². The summed E-state index contributed by atoms with van der Waals surface area (Å²) in [6.45, 7) is 3.53. The summed E-state index contributed by atoms with van der Waals surface area (Å²) in [5.41, 5.74) is 0. The smallest absolute Gasteiger partial charge is 0.400 e. The van der Waals surface area contributed by atoms with Crippen molar-refractivity contribution >= 4 is 12.6 Å². The Kier molecular flexibility index (Phi) is 277. The fourth-order valence-corrected chi connectivity index (χ4v) is 0. The van der Waals surface area contributed by atoms with Gasteiger partial charge in [-0.1, -0.05) is 0 Å². The second-order valence-electron chi connectivity index (χ2n) is 0.577. The van der Waals surface area contributed by atoms with Crippen molar-refractivity contribution in [3.63, 3.8) is 0 Å². The molecule has 0 fully saturated rings. The zero-order valence-corrected chi connectivity index (χ0v) is 9.42. The minimum atomic E-state index is 0. The average Bonchev–Trinajstić information content (AvgIpc) is 1.96. The van der Waals surface area contributed by atoms with Crippen molar-refractivity contribution in [1.82, 2.24) is 0 Å². The summed E-state index contributed by atoms with van der Waals surface area (Å²) in [7, 11) is 2.00. The van der Waals surface area contributed by atoms with Crippen LogP contribution in [0.15, 0.2) is 0 Å². The zero-order valence-electron chi connectivity index (χ0n) is 6.96. The molecule has 4 heteroatoms. The molecule has 0 radical (unpaired) electrons. The molecule has 2 N–H and O–H groups in total. The third kappa shape index (κ3) is 145. The Labute approximate surface area is 85.3 Å². The van der Waals surface area contributed by atoms with Crippen molar-refractivity contribution in [2.24, 2.45) is 0 Å². The van der Waals surface area contributed by atoms with E-state index in [2.05, 4.69) is 19.6 Å². The molecule has 0 aromatic rings. The number of hydrogen-bond donors (Lipinski definition) is 3. The van der Waals surface area contributed by atoms with E-state index in [1.807, 2.05) is 0 Å². The number of thiol groups is 1. The molecular formula is C6H18O2STi. The number of aliphatic hydroxyl groups is 2. The predicted molar refractivity (Wildman–Crippen MR) is 46.5 cm³/mol. The van der Waals surface area contributed by atoms with Crippen molar-refractivity contribution in [2.75, 3.05) is 20.0 Å². The van der Waals surface area contributed by atoms with E-state index >= 15 is 0 Å². The van der Waals surface area contributed by atoms with E-state index in [1.165, 1.54) is 0 Å². The van der Waals surface area contributed by atoms with E-state index in [-0.39, 0.29) is 29.1 Å². The number of rotatable bonds is 1. The molecule has 0 saturated carbocycles. The van der Waals surface area contributed by atoms with Gasteiger partial charge in [0.2, 0.25) is 0 Å². The van der Waals surface area contributed by atoms with E-state index in [0.29, 0.717) is 0 Å². The van der Waals surface area contributed by atoms with Crippen molar-refractivity contribution in [1.29, 1.82) is 0 Å². The van der Waals surface area contributed by atoms with Crippen LogP contribution in [-0.4, -0.2) is 30.2 Å². The molecule has 0 heterocycles. The van der Waals surface area contributed by atoms with Crippen LogP contribution < -0.4 is 0 Å². The second kappa shape index (κ2) is 90.5. The molecule has 0 aromatic carbocycles. The minimum absolute atomic E-state index is 0. The van der Waals surface area contributed by atoms with Crippen LogP contribution in [0.2, 0.25) is 0 Å². The fourth-order valence-electron chi connectivity index (χ4n) is 0. The first-order valence-electron chi connectivity index (χ1n) is 2.21. The first kappa shape index (κ1) is 30.6. The Morgan fingerprint density at radius 2 is 1.30 bits per heavy atom. The Morgan fingerprint density at radius 3 is 1.30 bits per heavy atom. The van der Waals surface area contributed by atoms with Gasteiger partial charge in [0, 0.05) is 14.2 Å². The van der Waals surface area contributed by atoms with Gasteiger partial charge in [-0.25, -0.2) is 0 Å². The predicted octanol–water partition coefficient (Wildman–Crippen LogP) is 0.805. The topological polar surface area (TPSA) is 40.5 Å². The van der Waals surface area contributed by atoms with Crippen LogP contribution in [0.25, 0.3) is 0 Å². The van der Waals surface area contributed by atoms with Crippen LogP contribution in [0.5, 0.6) is 0 Å². The Morgan fingerprint density at radius 1 is 1.20 bits per heavy atom. The monoisotopic (exact) mass is 202 g/mol. The van der Waals surface area contributed by atoms with Crippen LogP contribution in [0.3, 0.4) is 0 Å². The van der Waals surface area contributed by atoms with Gasteiger partial charge in [0.25, 0.3) is 0 Å². The molecule has 0 atom stereocenters. The molecule has 0 spiro atoms. The summed E-state index contributed by atoms with van der Waals surface area (Å²) in [6, 6.07) is 0. The van der Waals surface area contributed by atoms with Gasteiger partial charge in [-0.2, -0.15) is 19.0 Å². The molecule has 0 unspecified atom stereocenters. The van der Waals surface area contributed by atoms with Gasteiger partial charge in [-0.3, -0.25) is 0 Å². The Bertz CT molecular complexity index is 17.7. The molecule has 0 amide bonds. The molecule has 0 saturated heterocycles. The fraction of sp³-hybridized carbons (Fsp3) is 0.667. The van der Waals surface area contributed by atoms with E-state index in [1.54, 1.807) is 0 Å². The summed E-state index contributed by atoms with van der Waals surface area (Å²) < 4.78 is 0. The van der Waals surface area contributed by atoms with E-state index < -0.39 is 0 Å². The number of aliphatic hydroxyl groups excluding tert-OH is 2. The summed E-state index contributed by atoms with van der Waals surface area (Å²) in [5.74, 6) is 0.903. The largest absolute Gasteiger partial charge is 2.00 e. The van der Waals surface area contributed by atoms with Gasteiger partial charge in [0.1, 0.15) is 0 Å². The van der Waals surface area contributed by atoms with Gasteiger partial charge in [0.05, 0.1) is 0 Å². The number of hydrogen-bond acceptors (Lipinski definition) is 3. The first-order valence-corrected chi connectivity index (χ1v) is 2.84. The maximum atomic E-state index is 7.00. The van der Waals surface area contributed by atoms with Gasteiger partial charge < -0.3 is 24.6 Å². The normalized spacial score (nSPS) is 4.20. The standard InChI is InChI=1S/C3H7S.2CH4O.CH3.Ti/c1-2-3-4;2*1-2;;/h4H,1-3H2;2*2H,1H3;1H3;/q-1;;;-1;+2.